The molecule has 84 valence electrons. The Morgan fingerprint density at radius 2 is 1.82 bits per heavy atom. The summed E-state index contributed by atoms with van der Waals surface area (Å²) in [6, 6.07) is 16.4. The summed E-state index contributed by atoms with van der Waals surface area (Å²) in [6.45, 7) is 2.67. The molecule has 1 aliphatic rings. The van der Waals surface area contributed by atoms with E-state index in [4.69, 9.17) is 4.74 Å². The first-order valence-electron chi connectivity index (χ1n) is 5.73. The van der Waals surface area contributed by atoms with E-state index in [1.807, 2.05) is 30.3 Å². The third-order valence-corrected chi connectivity index (χ3v) is 3.02. The Morgan fingerprint density at radius 3 is 2.65 bits per heavy atom. The Balaban J connectivity index is 2.09. The van der Waals surface area contributed by atoms with Gasteiger partial charge >= 0.3 is 0 Å². The zero-order valence-electron chi connectivity index (χ0n) is 9.76. The molecule has 2 heteroatoms. The molecule has 2 nitrogen and oxygen atoms in total. The van der Waals surface area contributed by atoms with Crippen LogP contribution in [0.3, 0.4) is 0 Å². The minimum atomic E-state index is 0.570. The molecule has 0 amide bonds. The number of aryl methyl sites for hydroxylation is 1. The predicted molar refractivity (Wildman–Crippen MR) is 68.2 cm³/mol. The van der Waals surface area contributed by atoms with Gasteiger partial charge in [0.15, 0.2) is 6.21 Å². The van der Waals surface area contributed by atoms with Crippen molar-refractivity contribution in [3.05, 3.63) is 59.7 Å². The number of rotatable bonds is 1. The van der Waals surface area contributed by atoms with Gasteiger partial charge in [-0.05, 0) is 18.6 Å². The highest BCUT2D eigenvalue weighted by Gasteiger charge is 2.19. The van der Waals surface area contributed by atoms with Gasteiger partial charge in [0, 0.05) is 12.1 Å². The highest BCUT2D eigenvalue weighted by Crippen LogP contribution is 2.24. The molecule has 0 atom stereocenters. The van der Waals surface area contributed by atoms with Crippen LogP contribution in [0.4, 0.5) is 5.69 Å². The fourth-order valence-electron chi connectivity index (χ4n) is 2.05. The van der Waals surface area contributed by atoms with Crippen molar-refractivity contribution in [2.24, 2.45) is 0 Å². The Kier molecular flexibility index (Phi) is 2.41. The van der Waals surface area contributed by atoms with E-state index < -0.39 is 0 Å². The van der Waals surface area contributed by atoms with Gasteiger partial charge in [0.25, 0.3) is 6.73 Å². The van der Waals surface area contributed by atoms with Crippen LogP contribution in [0, 0.1) is 6.92 Å². The number of para-hydroxylation sites is 1. The Hall–Kier alpha value is -2.09. The minimum Gasteiger partial charge on any atom is -0.435 e. The summed E-state index contributed by atoms with van der Waals surface area (Å²) in [5.41, 5.74) is 3.56. The number of nitrogens with zero attached hydrogens (tertiary/aromatic N) is 1. The average molecular weight is 224 g/mol. The van der Waals surface area contributed by atoms with E-state index in [0.29, 0.717) is 6.73 Å². The monoisotopic (exact) mass is 224 g/mol. The van der Waals surface area contributed by atoms with E-state index in [-0.39, 0.29) is 0 Å². The largest absolute Gasteiger partial charge is 0.435 e. The molecule has 0 aliphatic carbocycles. The molecule has 0 unspecified atom stereocenters. The lowest BCUT2D eigenvalue weighted by Gasteiger charge is -2.14. The van der Waals surface area contributed by atoms with Crippen molar-refractivity contribution in [3.8, 4) is 5.75 Å². The molecule has 17 heavy (non-hydrogen) atoms. The second-order valence-electron chi connectivity index (χ2n) is 4.19. The van der Waals surface area contributed by atoms with Crippen molar-refractivity contribution in [1.29, 1.82) is 0 Å². The SMILES string of the molecule is Cc1cccc2c1C=[N+](c1ccccc1)CO2. The Bertz CT molecular complexity index is 573. The first-order valence-corrected chi connectivity index (χ1v) is 5.73. The molecule has 0 fully saturated rings. The molecule has 0 bridgehead atoms. The third kappa shape index (κ3) is 1.82. The average Bonchev–Trinajstić information content (AvgIpc) is 2.40. The van der Waals surface area contributed by atoms with Crippen molar-refractivity contribution in [1.82, 2.24) is 0 Å². The second kappa shape index (κ2) is 4.06. The van der Waals surface area contributed by atoms with Crippen molar-refractivity contribution in [2.45, 2.75) is 6.92 Å². The summed E-state index contributed by atoms with van der Waals surface area (Å²) >= 11 is 0. The quantitative estimate of drug-likeness (QED) is 0.678. The van der Waals surface area contributed by atoms with Gasteiger partial charge in [0.05, 0.1) is 5.56 Å². The minimum absolute atomic E-state index is 0.570. The highest BCUT2D eigenvalue weighted by molar-refractivity contribution is 5.83. The molecule has 0 radical (unpaired) electrons. The van der Waals surface area contributed by atoms with Gasteiger partial charge < -0.3 is 4.74 Å². The molecule has 0 N–H and O–H groups in total. The zero-order valence-corrected chi connectivity index (χ0v) is 9.76. The molecule has 0 saturated heterocycles. The predicted octanol–water partition coefficient (Wildman–Crippen LogP) is 3.11. The van der Waals surface area contributed by atoms with Crippen LogP contribution >= 0.6 is 0 Å². The van der Waals surface area contributed by atoms with E-state index in [2.05, 4.69) is 35.9 Å². The molecule has 2 aromatic rings. The smallest absolute Gasteiger partial charge is 0.292 e. The van der Waals surface area contributed by atoms with Crippen LogP contribution in [0.15, 0.2) is 48.5 Å². The van der Waals surface area contributed by atoms with Gasteiger partial charge in [0.2, 0.25) is 5.69 Å². The van der Waals surface area contributed by atoms with Crippen LogP contribution < -0.4 is 4.74 Å². The lowest BCUT2D eigenvalue weighted by molar-refractivity contribution is -0.476. The zero-order chi connectivity index (χ0) is 11.7. The topological polar surface area (TPSA) is 12.2 Å². The number of benzene rings is 2. The second-order valence-corrected chi connectivity index (χ2v) is 4.19. The van der Waals surface area contributed by atoms with Crippen molar-refractivity contribution >= 4 is 11.9 Å². The van der Waals surface area contributed by atoms with E-state index >= 15 is 0 Å². The maximum Gasteiger partial charge on any atom is 0.292 e. The van der Waals surface area contributed by atoms with Gasteiger partial charge in [-0.25, -0.2) is 0 Å². The van der Waals surface area contributed by atoms with Crippen LogP contribution in [-0.4, -0.2) is 17.5 Å². The van der Waals surface area contributed by atoms with Crippen LogP contribution in [-0.2, 0) is 0 Å². The number of fused-ring (bicyclic) bond motifs is 1. The Labute approximate surface area is 101 Å². The molecule has 0 aromatic heterocycles. The summed E-state index contributed by atoms with van der Waals surface area (Å²) in [7, 11) is 0. The van der Waals surface area contributed by atoms with Crippen molar-refractivity contribution < 1.29 is 9.31 Å². The van der Waals surface area contributed by atoms with Crippen LogP contribution in [0.2, 0.25) is 0 Å². The fraction of sp³-hybridized carbons (Fsp3) is 0.133. The third-order valence-electron chi connectivity index (χ3n) is 3.02. The first kappa shape index (κ1) is 10.1. The van der Waals surface area contributed by atoms with Crippen LogP contribution in [0.5, 0.6) is 5.75 Å². The molecule has 0 saturated carbocycles. The summed E-state index contributed by atoms with van der Waals surface area (Å²) in [5.74, 6) is 0.970. The lowest BCUT2D eigenvalue weighted by atomic mass is 10.1. The van der Waals surface area contributed by atoms with Gasteiger partial charge in [-0.3, -0.25) is 0 Å². The molecular formula is C15H14NO+. The summed E-state index contributed by atoms with van der Waals surface area (Å²) in [5, 5.41) is 0. The van der Waals surface area contributed by atoms with Gasteiger partial charge in [0.1, 0.15) is 5.75 Å². The van der Waals surface area contributed by atoms with E-state index in [0.717, 1.165) is 11.4 Å². The molecule has 3 rings (SSSR count). The first-order chi connectivity index (χ1) is 8.34. The summed E-state index contributed by atoms with van der Waals surface area (Å²) < 4.78 is 7.89. The number of ether oxygens (including phenoxy) is 1. The molecular weight excluding hydrogens is 210 g/mol. The van der Waals surface area contributed by atoms with Gasteiger partial charge in [-0.2, -0.15) is 4.58 Å². The number of hydrogen-bond donors (Lipinski definition) is 0. The van der Waals surface area contributed by atoms with E-state index in [9.17, 15) is 0 Å². The molecule has 1 aliphatic heterocycles. The standard InChI is InChI=1S/C15H14NO/c1-12-6-5-9-15-14(12)10-16(11-17-15)13-7-3-2-4-8-13/h2-10H,11H2,1H3/q+1. The van der Waals surface area contributed by atoms with Crippen molar-refractivity contribution in [3.63, 3.8) is 0 Å². The van der Waals surface area contributed by atoms with Gasteiger partial charge in [-0.15, -0.1) is 0 Å². The van der Waals surface area contributed by atoms with Crippen LogP contribution in [0.25, 0.3) is 0 Å². The highest BCUT2D eigenvalue weighted by atomic mass is 16.5. The summed E-state index contributed by atoms with van der Waals surface area (Å²) in [4.78, 5) is 0. The molecule has 1 heterocycles. The molecule has 2 aromatic carbocycles. The summed E-state index contributed by atoms with van der Waals surface area (Å²) in [6.07, 6.45) is 2.16. The maximum atomic E-state index is 5.77. The Morgan fingerprint density at radius 1 is 1.00 bits per heavy atom. The fourth-order valence-corrected chi connectivity index (χ4v) is 2.05. The normalized spacial score (nSPS) is 13.6. The van der Waals surface area contributed by atoms with E-state index in [1.165, 1.54) is 11.1 Å². The lowest BCUT2D eigenvalue weighted by Crippen LogP contribution is -2.21. The maximum absolute atomic E-state index is 5.77. The van der Waals surface area contributed by atoms with E-state index in [1.54, 1.807) is 0 Å². The van der Waals surface area contributed by atoms with Crippen LogP contribution in [0.1, 0.15) is 11.1 Å². The van der Waals surface area contributed by atoms with Crippen molar-refractivity contribution in [2.75, 3.05) is 6.73 Å². The number of hydrogen-bond acceptors (Lipinski definition) is 1. The van der Waals surface area contributed by atoms with Gasteiger partial charge in [-0.1, -0.05) is 30.3 Å². The molecule has 0 spiro atoms.